The van der Waals surface area contributed by atoms with E-state index >= 15 is 0 Å². The third kappa shape index (κ3) is 4.63. The summed E-state index contributed by atoms with van der Waals surface area (Å²) in [6.45, 7) is 1.75. The zero-order valence-corrected chi connectivity index (χ0v) is 17.9. The van der Waals surface area contributed by atoms with Crippen molar-refractivity contribution in [1.29, 1.82) is 0 Å². The number of alkyl halides is 3. The molecule has 7 nitrogen and oxygen atoms in total. The van der Waals surface area contributed by atoms with Gasteiger partial charge < -0.3 is 19.5 Å². The molecule has 0 saturated heterocycles. The summed E-state index contributed by atoms with van der Waals surface area (Å²) in [4.78, 5) is 12.7. The molecule has 0 aliphatic carbocycles. The van der Waals surface area contributed by atoms with Gasteiger partial charge in [-0.05, 0) is 36.8 Å². The Kier molecular flexibility index (Phi) is 6.61. The fourth-order valence-corrected chi connectivity index (χ4v) is 3.18. The molecule has 170 valence electrons. The first-order valence-electron chi connectivity index (χ1n) is 9.49. The smallest absolute Gasteiger partial charge is 0.434 e. The van der Waals surface area contributed by atoms with E-state index in [0.29, 0.717) is 27.5 Å². The van der Waals surface area contributed by atoms with E-state index in [1.807, 2.05) is 6.92 Å². The summed E-state index contributed by atoms with van der Waals surface area (Å²) in [6.07, 6.45) is -3.88. The van der Waals surface area contributed by atoms with Crippen LogP contribution < -0.4 is 19.5 Å². The average Bonchev–Trinajstić information content (AvgIpc) is 3.23. The van der Waals surface area contributed by atoms with Crippen molar-refractivity contribution in [2.24, 2.45) is 0 Å². The Labute approximate surface area is 182 Å². The van der Waals surface area contributed by atoms with Crippen molar-refractivity contribution in [3.05, 3.63) is 65.0 Å². The number of aromatic nitrogens is 2. The zero-order valence-electron chi connectivity index (χ0n) is 17.9. The number of ether oxygens (including phenoxy) is 3. The van der Waals surface area contributed by atoms with E-state index in [1.165, 1.54) is 33.5 Å². The Morgan fingerprint density at radius 3 is 2.12 bits per heavy atom. The first-order valence-corrected chi connectivity index (χ1v) is 9.49. The zero-order chi connectivity index (χ0) is 23.5. The van der Waals surface area contributed by atoms with Gasteiger partial charge in [-0.1, -0.05) is 17.7 Å². The number of rotatable bonds is 7. The lowest BCUT2D eigenvalue weighted by atomic mass is 10.1. The normalized spacial score (nSPS) is 11.2. The minimum absolute atomic E-state index is 0.0669. The molecule has 2 aromatic carbocycles. The van der Waals surface area contributed by atoms with Gasteiger partial charge >= 0.3 is 6.18 Å². The topological polar surface area (TPSA) is 74.6 Å². The molecule has 0 fully saturated rings. The first kappa shape index (κ1) is 23.0. The fourth-order valence-electron chi connectivity index (χ4n) is 3.18. The Morgan fingerprint density at radius 1 is 1.03 bits per heavy atom. The van der Waals surface area contributed by atoms with Gasteiger partial charge in [0.15, 0.2) is 17.2 Å². The maximum atomic E-state index is 13.8. The molecule has 0 aliphatic rings. The summed E-state index contributed by atoms with van der Waals surface area (Å²) >= 11 is 0. The van der Waals surface area contributed by atoms with Crippen LogP contribution in [0, 0.1) is 6.92 Å². The standard InChI is InChI=1S/C22H22F3N3O4/c1-13-5-7-15(8-6-13)28-20(22(23,24)25)16(12-27-28)21(29)26-11-14-9-17(30-2)19(32-4)18(10-14)31-3/h5-10,12H,11H2,1-4H3,(H,26,29). The number of nitrogens with one attached hydrogen (secondary N) is 1. The summed E-state index contributed by atoms with van der Waals surface area (Å²) in [5.74, 6) is 0.173. The molecule has 0 aliphatic heterocycles. The molecule has 1 N–H and O–H groups in total. The number of carbonyl (C=O) groups excluding carboxylic acids is 1. The number of halogens is 3. The Morgan fingerprint density at radius 2 is 1.62 bits per heavy atom. The van der Waals surface area contributed by atoms with Crippen molar-refractivity contribution in [1.82, 2.24) is 15.1 Å². The van der Waals surface area contributed by atoms with E-state index in [9.17, 15) is 18.0 Å². The van der Waals surface area contributed by atoms with E-state index in [0.717, 1.165) is 11.8 Å². The Balaban J connectivity index is 1.90. The maximum Gasteiger partial charge on any atom is 0.434 e. The molecular formula is C22H22F3N3O4. The predicted octanol–water partition coefficient (Wildman–Crippen LogP) is 4.16. The van der Waals surface area contributed by atoms with Crippen molar-refractivity contribution < 1.29 is 32.2 Å². The van der Waals surface area contributed by atoms with Crippen LogP contribution in [0.5, 0.6) is 17.2 Å². The van der Waals surface area contributed by atoms with Gasteiger partial charge in [0.2, 0.25) is 5.75 Å². The monoisotopic (exact) mass is 449 g/mol. The highest BCUT2D eigenvalue weighted by molar-refractivity contribution is 5.95. The second-order valence-electron chi connectivity index (χ2n) is 6.87. The molecule has 32 heavy (non-hydrogen) atoms. The number of nitrogens with zero attached hydrogens (tertiary/aromatic N) is 2. The number of methoxy groups -OCH3 is 3. The largest absolute Gasteiger partial charge is 0.493 e. The van der Waals surface area contributed by atoms with Gasteiger partial charge in [-0.25, -0.2) is 4.68 Å². The van der Waals surface area contributed by atoms with E-state index in [4.69, 9.17) is 14.2 Å². The fraction of sp³-hybridized carbons (Fsp3) is 0.273. The number of aryl methyl sites for hydroxylation is 1. The van der Waals surface area contributed by atoms with E-state index in [1.54, 1.807) is 24.3 Å². The molecule has 1 heterocycles. The minimum atomic E-state index is -4.79. The number of hydrogen-bond donors (Lipinski definition) is 1. The van der Waals surface area contributed by atoms with E-state index < -0.39 is 23.3 Å². The van der Waals surface area contributed by atoms with Gasteiger partial charge in [0.25, 0.3) is 5.91 Å². The van der Waals surface area contributed by atoms with Gasteiger partial charge in [0.05, 0.1) is 38.8 Å². The van der Waals surface area contributed by atoms with Crippen LogP contribution in [0.3, 0.4) is 0 Å². The molecule has 0 radical (unpaired) electrons. The van der Waals surface area contributed by atoms with Crippen molar-refractivity contribution >= 4 is 5.91 Å². The minimum Gasteiger partial charge on any atom is -0.493 e. The average molecular weight is 449 g/mol. The molecule has 0 atom stereocenters. The summed E-state index contributed by atoms with van der Waals surface area (Å²) < 4.78 is 57.9. The number of benzene rings is 2. The van der Waals surface area contributed by atoms with Gasteiger partial charge in [-0.2, -0.15) is 18.3 Å². The highest BCUT2D eigenvalue weighted by Crippen LogP contribution is 2.38. The van der Waals surface area contributed by atoms with Crippen LogP contribution in [0.2, 0.25) is 0 Å². The SMILES string of the molecule is COc1cc(CNC(=O)c2cnn(-c3ccc(C)cc3)c2C(F)(F)F)cc(OC)c1OC. The van der Waals surface area contributed by atoms with Crippen molar-refractivity contribution in [3.63, 3.8) is 0 Å². The Hall–Kier alpha value is -3.69. The van der Waals surface area contributed by atoms with Crippen LogP contribution in [-0.4, -0.2) is 37.0 Å². The molecule has 0 bridgehead atoms. The van der Waals surface area contributed by atoms with Crippen LogP contribution in [-0.2, 0) is 12.7 Å². The predicted molar refractivity (Wildman–Crippen MR) is 111 cm³/mol. The molecule has 1 amide bonds. The van der Waals surface area contributed by atoms with Crippen LogP contribution >= 0.6 is 0 Å². The van der Waals surface area contributed by atoms with E-state index in [-0.39, 0.29) is 12.2 Å². The highest BCUT2D eigenvalue weighted by atomic mass is 19.4. The maximum absolute atomic E-state index is 13.8. The summed E-state index contributed by atoms with van der Waals surface area (Å²) in [6, 6.07) is 9.55. The second kappa shape index (κ2) is 9.21. The van der Waals surface area contributed by atoms with Crippen LogP contribution in [0.25, 0.3) is 5.69 Å². The van der Waals surface area contributed by atoms with Crippen LogP contribution in [0.1, 0.15) is 27.2 Å². The van der Waals surface area contributed by atoms with Crippen molar-refractivity contribution in [3.8, 4) is 22.9 Å². The molecule has 10 heteroatoms. The van der Waals surface area contributed by atoms with Crippen LogP contribution in [0.15, 0.2) is 42.6 Å². The molecule has 0 spiro atoms. The summed E-state index contributed by atoms with van der Waals surface area (Å²) in [5, 5.41) is 6.31. The number of hydrogen-bond acceptors (Lipinski definition) is 5. The molecule has 0 saturated carbocycles. The molecule has 3 aromatic rings. The van der Waals surface area contributed by atoms with Crippen LogP contribution in [0.4, 0.5) is 13.2 Å². The molecular weight excluding hydrogens is 427 g/mol. The van der Waals surface area contributed by atoms with E-state index in [2.05, 4.69) is 10.4 Å². The summed E-state index contributed by atoms with van der Waals surface area (Å²) in [7, 11) is 4.33. The molecule has 0 unspecified atom stereocenters. The molecule has 3 rings (SSSR count). The highest BCUT2D eigenvalue weighted by Gasteiger charge is 2.40. The molecule has 1 aromatic heterocycles. The quantitative estimate of drug-likeness (QED) is 0.587. The number of amides is 1. The van der Waals surface area contributed by atoms with Gasteiger partial charge in [0.1, 0.15) is 0 Å². The second-order valence-corrected chi connectivity index (χ2v) is 6.87. The lowest BCUT2D eigenvalue weighted by Gasteiger charge is -2.15. The lowest BCUT2D eigenvalue weighted by molar-refractivity contribution is -0.143. The van der Waals surface area contributed by atoms with Gasteiger partial charge in [-0.3, -0.25) is 4.79 Å². The van der Waals surface area contributed by atoms with Crippen molar-refractivity contribution in [2.75, 3.05) is 21.3 Å². The Bertz CT molecular complexity index is 1080. The number of carbonyl (C=O) groups is 1. The summed E-state index contributed by atoms with van der Waals surface area (Å²) in [5.41, 5.74) is -0.0917. The van der Waals surface area contributed by atoms with Gasteiger partial charge in [-0.15, -0.1) is 0 Å². The lowest BCUT2D eigenvalue weighted by Crippen LogP contribution is -2.26. The third-order valence-electron chi connectivity index (χ3n) is 4.74. The van der Waals surface area contributed by atoms with Crippen molar-refractivity contribution in [2.45, 2.75) is 19.6 Å². The van der Waals surface area contributed by atoms with Gasteiger partial charge in [0, 0.05) is 6.54 Å². The third-order valence-corrected chi connectivity index (χ3v) is 4.74. The first-order chi connectivity index (χ1) is 15.2.